The summed E-state index contributed by atoms with van der Waals surface area (Å²) in [6.45, 7) is 15.7. The number of hydrogen-bond acceptors (Lipinski definition) is 0. The highest BCUT2D eigenvalue weighted by Crippen LogP contribution is 2.59. The van der Waals surface area contributed by atoms with E-state index in [9.17, 15) is 0 Å². The van der Waals surface area contributed by atoms with Gasteiger partial charge in [-0.15, -0.1) is 0 Å². The molecular weight excluding hydrogens is 304 g/mol. The highest BCUT2D eigenvalue weighted by molar-refractivity contribution is 6.80. The second kappa shape index (κ2) is 6.98. The van der Waals surface area contributed by atoms with Crippen molar-refractivity contribution in [3.8, 4) is 0 Å². The summed E-state index contributed by atoms with van der Waals surface area (Å²) in [6, 6.07) is 11.2. The largest absolute Gasteiger partial charge is 0.0689 e. The van der Waals surface area contributed by atoms with Gasteiger partial charge >= 0.3 is 0 Å². The smallest absolute Gasteiger partial charge is 0.0541 e. The van der Waals surface area contributed by atoms with Gasteiger partial charge in [0.1, 0.15) is 0 Å². The lowest BCUT2D eigenvalue weighted by Crippen LogP contribution is -2.41. The molecule has 2 aliphatic carbocycles. The molecule has 2 saturated carbocycles. The van der Waals surface area contributed by atoms with Crippen LogP contribution in [0.5, 0.6) is 0 Å². The summed E-state index contributed by atoms with van der Waals surface area (Å²) in [5.74, 6) is 4.64. The molecule has 0 radical (unpaired) electrons. The van der Waals surface area contributed by atoms with E-state index in [1.54, 1.807) is 5.56 Å². The van der Waals surface area contributed by atoms with Gasteiger partial charge in [-0.3, -0.25) is 0 Å². The Hall–Kier alpha value is -0.563. The van der Waals surface area contributed by atoms with Crippen molar-refractivity contribution in [1.29, 1.82) is 0 Å². The van der Waals surface area contributed by atoms with Crippen molar-refractivity contribution in [3.05, 3.63) is 35.9 Å². The van der Waals surface area contributed by atoms with Crippen LogP contribution in [0.3, 0.4) is 0 Å². The average Bonchev–Trinajstić information content (AvgIpc) is 3.09. The van der Waals surface area contributed by atoms with E-state index in [0.29, 0.717) is 0 Å². The molecule has 134 valence electrons. The van der Waals surface area contributed by atoms with Crippen molar-refractivity contribution in [3.63, 3.8) is 0 Å². The SMILES string of the molecule is CC1C(C)C(C)C([Si](C)(C)C2CCC(Cc3ccccc3)C2)C1C. The van der Waals surface area contributed by atoms with Crippen molar-refractivity contribution in [2.24, 2.45) is 29.6 Å². The molecule has 1 heteroatoms. The molecule has 0 aromatic heterocycles. The molecule has 0 bridgehead atoms. The number of rotatable bonds is 4. The Balaban J connectivity index is 1.68. The first-order chi connectivity index (χ1) is 11.3. The van der Waals surface area contributed by atoms with Crippen LogP contribution in [0.15, 0.2) is 30.3 Å². The molecule has 1 aromatic carbocycles. The van der Waals surface area contributed by atoms with Gasteiger partial charge in [0.25, 0.3) is 0 Å². The van der Waals surface area contributed by atoms with Crippen LogP contribution in [0.2, 0.25) is 24.2 Å². The van der Waals surface area contributed by atoms with Gasteiger partial charge in [0.05, 0.1) is 8.07 Å². The minimum Gasteiger partial charge on any atom is -0.0689 e. The highest BCUT2D eigenvalue weighted by Gasteiger charge is 2.52. The van der Waals surface area contributed by atoms with Crippen LogP contribution in [0.1, 0.15) is 52.5 Å². The zero-order valence-electron chi connectivity index (χ0n) is 16.8. The van der Waals surface area contributed by atoms with Crippen molar-refractivity contribution in [2.75, 3.05) is 0 Å². The van der Waals surface area contributed by atoms with Crippen molar-refractivity contribution in [2.45, 2.75) is 77.6 Å². The highest BCUT2D eigenvalue weighted by atomic mass is 28.3. The molecule has 2 aliphatic rings. The molecule has 6 atom stereocenters. The molecule has 0 heterocycles. The predicted octanol–water partition coefficient (Wildman–Crippen LogP) is 7.04. The summed E-state index contributed by atoms with van der Waals surface area (Å²) in [4.78, 5) is 0. The van der Waals surface area contributed by atoms with Crippen molar-refractivity contribution in [1.82, 2.24) is 0 Å². The molecule has 3 rings (SSSR count). The van der Waals surface area contributed by atoms with Gasteiger partial charge in [0.2, 0.25) is 0 Å². The summed E-state index contributed by atoms with van der Waals surface area (Å²) in [5, 5.41) is 0. The molecule has 1 aromatic rings. The predicted molar refractivity (Wildman–Crippen MR) is 109 cm³/mol. The monoisotopic (exact) mass is 342 g/mol. The Morgan fingerprint density at radius 3 is 2.00 bits per heavy atom. The Morgan fingerprint density at radius 1 is 0.833 bits per heavy atom. The van der Waals surface area contributed by atoms with Gasteiger partial charge in [0, 0.05) is 0 Å². The lowest BCUT2D eigenvalue weighted by molar-refractivity contribution is 0.352. The zero-order chi connectivity index (χ0) is 17.5. The van der Waals surface area contributed by atoms with Crippen molar-refractivity contribution < 1.29 is 0 Å². The van der Waals surface area contributed by atoms with E-state index in [2.05, 4.69) is 71.1 Å². The lowest BCUT2D eigenvalue weighted by Gasteiger charge is -2.41. The van der Waals surface area contributed by atoms with Crippen LogP contribution in [0.4, 0.5) is 0 Å². The van der Waals surface area contributed by atoms with Gasteiger partial charge in [-0.1, -0.05) is 84.0 Å². The van der Waals surface area contributed by atoms with Crippen LogP contribution in [0, 0.1) is 29.6 Å². The third-order valence-electron chi connectivity index (χ3n) is 8.44. The molecule has 0 aliphatic heterocycles. The van der Waals surface area contributed by atoms with Crippen molar-refractivity contribution >= 4 is 8.07 Å². The molecular formula is C23H38Si. The molecule has 0 saturated heterocycles. The van der Waals surface area contributed by atoms with Crippen LogP contribution in [0.25, 0.3) is 0 Å². The van der Waals surface area contributed by atoms with E-state index in [1.807, 2.05) is 0 Å². The van der Waals surface area contributed by atoms with E-state index in [1.165, 1.54) is 25.7 Å². The first-order valence-electron chi connectivity index (χ1n) is 10.4. The number of benzene rings is 1. The standard InChI is InChI=1S/C23H38Si/c1-16-17(2)19(4)23(18(16)3)24(5,6)22-13-12-21(15-22)14-20-10-8-7-9-11-20/h7-11,16-19,21-23H,12-15H2,1-6H3. The molecule has 6 unspecified atom stereocenters. The first kappa shape index (κ1) is 18.2. The molecule has 24 heavy (non-hydrogen) atoms. The average molecular weight is 343 g/mol. The molecule has 0 amide bonds. The van der Waals surface area contributed by atoms with Gasteiger partial charge in [0.15, 0.2) is 0 Å². The Labute approximate surface area is 151 Å². The Kier molecular flexibility index (Phi) is 5.30. The summed E-state index contributed by atoms with van der Waals surface area (Å²) < 4.78 is 0. The summed E-state index contributed by atoms with van der Waals surface area (Å²) in [7, 11) is -1.21. The Bertz CT molecular complexity index is 520. The van der Waals surface area contributed by atoms with Crippen LogP contribution in [-0.2, 0) is 6.42 Å². The fourth-order valence-electron chi connectivity index (χ4n) is 6.60. The van der Waals surface area contributed by atoms with Gasteiger partial charge in [-0.25, -0.2) is 0 Å². The zero-order valence-corrected chi connectivity index (χ0v) is 17.8. The minimum atomic E-state index is -1.21. The van der Waals surface area contributed by atoms with Crippen LogP contribution >= 0.6 is 0 Å². The first-order valence-corrected chi connectivity index (χ1v) is 13.5. The fourth-order valence-corrected chi connectivity index (χ4v) is 12.3. The Morgan fingerprint density at radius 2 is 1.42 bits per heavy atom. The van der Waals surface area contributed by atoms with E-state index in [4.69, 9.17) is 0 Å². The van der Waals surface area contributed by atoms with E-state index in [0.717, 1.165) is 40.7 Å². The molecule has 0 nitrogen and oxygen atoms in total. The quantitative estimate of drug-likeness (QED) is 0.515. The van der Waals surface area contributed by atoms with E-state index >= 15 is 0 Å². The van der Waals surface area contributed by atoms with E-state index in [-0.39, 0.29) is 0 Å². The third-order valence-corrected chi connectivity index (χ3v) is 13.8. The summed E-state index contributed by atoms with van der Waals surface area (Å²) >= 11 is 0. The van der Waals surface area contributed by atoms with Crippen LogP contribution < -0.4 is 0 Å². The maximum Gasteiger partial charge on any atom is 0.0541 e. The maximum absolute atomic E-state index is 2.74. The molecule has 0 N–H and O–H groups in total. The summed E-state index contributed by atoms with van der Waals surface area (Å²) in [5.41, 5.74) is 3.63. The van der Waals surface area contributed by atoms with Gasteiger partial charge in [-0.2, -0.15) is 0 Å². The minimum absolute atomic E-state index is 0.915. The maximum atomic E-state index is 2.74. The van der Waals surface area contributed by atoms with Crippen LogP contribution in [-0.4, -0.2) is 8.07 Å². The topological polar surface area (TPSA) is 0 Å². The van der Waals surface area contributed by atoms with E-state index < -0.39 is 8.07 Å². The normalized spacial score (nSPS) is 40.2. The lowest BCUT2D eigenvalue weighted by atomic mass is 9.92. The van der Waals surface area contributed by atoms with Gasteiger partial charge < -0.3 is 0 Å². The van der Waals surface area contributed by atoms with Gasteiger partial charge in [-0.05, 0) is 59.1 Å². The third kappa shape index (κ3) is 3.26. The second-order valence-electron chi connectivity index (χ2n) is 9.85. The molecule has 2 fully saturated rings. The second-order valence-corrected chi connectivity index (χ2v) is 15.0. The molecule has 0 spiro atoms. The fraction of sp³-hybridized carbons (Fsp3) is 0.739. The number of hydrogen-bond donors (Lipinski definition) is 0. The summed E-state index contributed by atoms with van der Waals surface area (Å²) in [6.07, 6.45) is 5.79.